The van der Waals surface area contributed by atoms with Crippen molar-refractivity contribution in [2.45, 2.75) is 26.6 Å². The number of amides is 1. The van der Waals surface area contributed by atoms with E-state index in [1.807, 2.05) is 38.1 Å². The number of para-hydroxylation sites is 2. The predicted octanol–water partition coefficient (Wildman–Crippen LogP) is 3.34. The number of methoxy groups -OCH3 is 1. The van der Waals surface area contributed by atoms with Gasteiger partial charge in [-0.15, -0.1) is 0 Å². The Labute approximate surface area is 188 Å². The molecule has 1 aliphatic carbocycles. The third kappa shape index (κ3) is 4.26. The number of rotatable bonds is 5. The van der Waals surface area contributed by atoms with Gasteiger partial charge in [0.2, 0.25) is 0 Å². The highest BCUT2D eigenvalue weighted by molar-refractivity contribution is 5.89. The molecular formula is C24H30N2O6. The fourth-order valence-electron chi connectivity index (χ4n) is 4.67. The molecule has 0 bridgehead atoms. The monoisotopic (exact) mass is 442 g/mol. The Morgan fingerprint density at radius 3 is 2.62 bits per heavy atom. The molecule has 0 saturated carbocycles. The maximum atomic E-state index is 12.9. The molecular weight excluding hydrogens is 412 g/mol. The van der Waals surface area contributed by atoms with Crippen LogP contribution in [0.2, 0.25) is 0 Å². The van der Waals surface area contributed by atoms with Gasteiger partial charge < -0.3 is 28.7 Å². The van der Waals surface area contributed by atoms with E-state index in [0.717, 1.165) is 17.0 Å². The van der Waals surface area contributed by atoms with Crippen molar-refractivity contribution in [2.24, 2.45) is 11.8 Å². The van der Waals surface area contributed by atoms with Crippen LogP contribution in [0.1, 0.15) is 20.3 Å². The summed E-state index contributed by atoms with van der Waals surface area (Å²) in [5.41, 5.74) is 2.58. The van der Waals surface area contributed by atoms with Crippen LogP contribution in [0.25, 0.3) is 0 Å². The number of piperazine rings is 1. The first-order valence-electron chi connectivity index (χ1n) is 11.1. The van der Waals surface area contributed by atoms with E-state index in [4.69, 9.17) is 18.9 Å². The average Bonchev–Trinajstić information content (AvgIpc) is 3.21. The number of hydrogen-bond donors (Lipinski definition) is 0. The van der Waals surface area contributed by atoms with Crippen molar-refractivity contribution in [3.8, 4) is 5.75 Å². The summed E-state index contributed by atoms with van der Waals surface area (Å²) in [5, 5.41) is 0. The summed E-state index contributed by atoms with van der Waals surface area (Å²) in [5.74, 6) is 0.166. The lowest BCUT2D eigenvalue weighted by Crippen LogP contribution is -2.50. The lowest BCUT2D eigenvalue weighted by molar-refractivity contribution is -0.142. The number of anilines is 1. The van der Waals surface area contributed by atoms with Crippen LogP contribution in [0.4, 0.5) is 10.5 Å². The van der Waals surface area contributed by atoms with E-state index in [1.165, 1.54) is 13.4 Å². The number of allylic oxidation sites excluding steroid dienone is 1. The zero-order chi connectivity index (χ0) is 22.7. The molecule has 1 aromatic rings. The highest BCUT2D eigenvalue weighted by Gasteiger charge is 2.45. The number of benzene rings is 1. The van der Waals surface area contributed by atoms with E-state index in [2.05, 4.69) is 11.0 Å². The van der Waals surface area contributed by atoms with E-state index in [0.29, 0.717) is 44.8 Å². The molecule has 2 aliphatic heterocycles. The van der Waals surface area contributed by atoms with Gasteiger partial charge in [-0.2, -0.15) is 0 Å². The Bertz CT molecular complexity index is 919. The lowest BCUT2D eigenvalue weighted by Gasteiger charge is -2.38. The Kier molecular flexibility index (Phi) is 6.58. The SMILES string of the molecule is CCOc1ccccc1N1CCN(C(=O)OC2OC=C(C(=O)OC)C3CC=C(C)C23)CC1. The molecule has 8 heteroatoms. The number of ether oxygens (including phenoxy) is 4. The Balaban J connectivity index is 1.38. The highest BCUT2D eigenvalue weighted by atomic mass is 16.7. The van der Waals surface area contributed by atoms with Gasteiger partial charge in [0.05, 0.1) is 37.2 Å². The normalized spacial score (nSPS) is 24.7. The third-order valence-corrected chi connectivity index (χ3v) is 6.36. The molecule has 1 amide bonds. The smallest absolute Gasteiger partial charge is 0.413 e. The summed E-state index contributed by atoms with van der Waals surface area (Å²) >= 11 is 0. The first-order chi connectivity index (χ1) is 15.5. The predicted molar refractivity (Wildman–Crippen MR) is 118 cm³/mol. The Hall–Kier alpha value is -3.16. The summed E-state index contributed by atoms with van der Waals surface area (Å²) in [6.45, 7) is 6.99. The van der Waals surface area contributed by atoms with E-state index < -0.39 is 18.4 Å². The number of hydrogen-bond acceptors (Lipinski definition) is 7. The Morgan fingerprint density at radius 2 is 1.91 bits per heavy atom. The van der Waals surface area contributed by atoms with Gasteiger partial charge in [-0.05, 0) is 32.4 Å². The minimum absolute atomic E-state index is 0.0964. The van der Waals surface area contributed by atoms with Gasteiger partial charge in [0, 0.05) is 32.1 Å². The van der Waals surface area contributed by atoms with Crippen LogP contribution in [-0.2, 0) is 19.0 Å². The number of carbonyl (C=O) groups excluding carboxylic acids is 2. The van der Waals surface area contributed by atoms with Crippen molar-refractivity contribution in [1.82, 2.24) is 4.90 Å². The molecule has 32 heavy (non-hydrogen) atoms. The van der Waals surface area contributed by atoms with Crippen LogP contribution in [0.3, 0.4) is 0 Å². The van der Waals surface area contributed by atoms with Crippen LogP contribution in [0.5, 0.6) is 5.75 Å². The van der Waals surface area contributed by atoms with Crippen LogP contribution in [-0.4, -0.2) is 63.1 Å². The molecule has 172 valence electrons. The number of carbonyl (C=O) groups is 2. The highest BCUT2D eigenvalue weighted by Crippen LogP contribution is 2.43. The molecule has 0 aromatic heterocycles. The Morgan fingerprint density at radius 1 is 1.16 bits per heavy atom. The third-order valence-electron chi connectivity index (χ3n) is 6.36. The largest absolute Gasteiger partial charge is 0.492 e. The molecule has 3 atom stereocenters. The fraction of sp³-hybridized carbons (Fsp3) is 0.500. The molecule has 0 N–H and O–H groups in total. The molecule has 0 spiro atoms. The molecule has 0 radical (unpaired) electrons. The molecule has 2 heterocycles. The van der Waals surface area contributed by atoms with Gasteiger partial charge in [0.25, 0.3) is 6.29 Å². The molecule has 1 fully saturated rings. The molecule has 3 unspecified atom stereocenters. The maximum Gasteiger partial charge on any atom is 0.413 e. The van der Waals surface area contributed by atoms with Crippen molar-refractivity contribution < 1.29 is 28.5 Å². The van der Waals surface area contributed by atoms with Crippen molar-refractivity contribution in [3.05, 3.63) is 47.7 Å². The van der Waals surface area contributed by atoms with Crippen molar-refractivity contribution in [3.63, 3.8) is 0 Å². The van der Waals surface area contributed by atoms with E-state index >= 15 is 0 Å². The van der Waals surface area contributed by atoms with E-state index in [1.54, 1.807) is 4.90 Å². The summed E-state index contributed by atoms with van der Waals surface area (Å²) in [4.78, 5) is 28.9. The molecule has 8 nitrogen and oxygen atoms in total. The summed E-state index contributed by atoms with van der Waals surface area (Å²) in [6, 6.07) is 7.95. The number of esters is 1. The van der Waals surface area contributed by atoms with Gasteiger partial charge in [-0.3, -0.25) is 0 Å². The van der Waals surface area contributed by atoms with Crippen LogP contribution in [0, 0.1) is 11.8 Å². The van der Waals surface area contributed by atoms with Gasteiger partial charge in [0.15, 0.2) is 0 Å². The molecule has 1 aromatic carbocycles. The zero-order valence-electron chi connectivity index (χ0n) is 18.8. The quantitative estimate of drug-likeness (QED) is 0.511. The topological polar surface area (TPSA) is 77.5 Å². The molecule has 3 aliphatic rings. The van der Waals surface area contributed by atoms with Gasteiger partial charge >= 0.3 is 12.1 Å². The maximum absolute atomic E-state index is 12.9. The van der Waals surface area contributed by atoms with Crippen molar-refractivity contribution >= 4 is 17.7 Å². The standard InChI is InChI=1S/C24H30N2O6/c1-4-30-20-8-6-5-7-19(20)25-11-13-26(14-12-25)24(28)32-23-21-16(2)9-10-17(21)18(15-31-23)22(27)29-3/h5-9,15,17,21,23H,4,10-14H2,1-3H3. The summed E-state index contributed by atoms with van der Waals surface area (Å²) in [6.07, 6.45) is 3.00. The average molecular weight is 443 g/mol. The minimum Gasteiger partial charge on any atom is -0.492 e. The minimum atomic E-state index is -0.753. The zero-order valence-corrected chi connectivity index (χ0v) is 18.8. The van der Waals surface area contributed by atoms with E-state index in [-0.39, 0.29) is 11.8 Å². The van der Waals surface area contributed by atoms with Crippen LogP contribution >= 0.6 is 0 Å². The lowest BCUT2D eigenvalue weighted by atomic mass is 9.84. The van der Waals surface area contributed by atoms with Crippen LogP contribution in [0.15, 0.2) is 47.7 Å². The fourth-order valence-corrected chi connectivity index (χ4v) is 4.67. The van der Waals surface area contributed by atoms with Crippen molar-refractivity contribution in [2.75, 3.05) is 44.8 Å². The molecule has 4 rings (SSSR count). The van der Waals surface area contributed by atoms with Crippen LogP contribution < -0.4 is 9.64 Å². The van der Waals surface area contributed by atoms with Gasteiger partial charge in [-0.1, -0.05) is 23.8 Å². The number of fused-ring (bicyclic) bond motifs is 1. The second-order valence-electron chi connectivity index (χ2n) is 8.14. The van der Waals surface area contributed by atoms with E-state index in [9.17, 15) is 9.59 Å². The van der Waals surface area contributed by atoms with Gasteiger partial charge in [0.1, 0.15) is 5.75 Å². The number of nitrogens with zero attached hydrogens (tertiary/aromatic N) is 2. The second-order valence-corrected chi connectivity index (χ2v) is 8.14. The first kappa shape index (κ1) is 22.0. The second kappa shape index (κ2) is 9.54. The summed E-state index contributed by atoms with van der Waals surface area (Å²) < 4.78 is 22.1. The summed E-state index contributed by atoms with van der Waals surface area (Å²) in [7, 11) is 1.35. The van der Waals surface area contributed by atoms with Gasteiger partial charge in [-0.25, -0.2) is 9.59 Å². The molecule has 1 saturated heterocycles. The van der Waals surface area contributed by atoms with Crippen molar-refractivity contribution in [1.29, 1.82) is 0 Å². The first-order valence-corrected chi connectivity index (χ1v) is 11.1.